The van der Waals surface area contributed by atoms with Gasteiger partial charge in [0.2, 0.25) is 5.91 Å². The van der Waals surface area contributed by atoms with Gasteiger partial charge in [-0.1, -0.05) is 35.9 Å². The van der Waals surface area contributed by atoms with E-state index in [9.17, 15) is 4.79 Å². The Morgan fingerprint density at radius 1 is 1.20 bits per heavy atom. The van der Waals surface area contributed by atoms with Crippen LogP contribution >= 0.6 is 11.6 Å². The number of aryl methyl sites for hydroxylation is 1. The van der Waals surface area contributed by atoms with E-state index in [0.29, 0.717) is 11.6 Å². The fourth-order valence-corrected chi connectivity index (χ4v) is 3.27. The Labute approximate surface area is 152 Å². The molecule has 0 aliphatic rings. The zero-order valence-electron chi connectivity index (χ0n) is 14.6. The monoisotopic (exact) mass is 355 g/mol. The molecule has 0 fully saturated rings. The number of aromatic nitrogens is 1. The second kappa shape index (κ2) is 7.30. The maximum Gasteiger partial charge on any atom is 0.242 e. The van der Waals surface area contributed by atoms with Crippen molar-refractivity contribution < 1.29 is 4.79 Å². The predicted octanol–water partition coefficient (Wildman–Crippen LogP) is 4.05. The molecule has 2 aromatic carbocycles. The van der Waals surface area contributed by atoms with Gasteiger partial charge >= 0.3 is 0 Å². The van der Waals surface area contributed by atoms with Crippen molar-refractivity contribution in [2.45, 2.75) is 19.5 Å². The maximum absolute atomic E-state index is 12.8. The molecule has 3 rings (SSSR count). The molecule has 0 aliphatic carbocycles. The fraction of sp³-hybridized carbons (Fsp3) is 0.250. The number of fused-ring (bicyclic) bond motifs is 1. The van der Waals surface area contributed by atoms with Gasteiger partial charge in [-0.25, -0.2) is 0 Å². The summed E-state index contributed by atoms with van der Waals surface area (Å²) < 4.78 is 0. The zero-order chi connectivity index (χ0) is 18.0. The first kappa shape index (κ1) is 17.5. The van der Waals surface area contributed by atoms with Crippen LogP contribution < -0.4 is 5.32 Å². The topological polar surface area (TPSA) is 48.1 Å². The standard InChI is InChI=1S/C20H22ClN3O/c1-13-6-4-5-7-17(13)19(24(2)3)20(25)22-12-16-11-14-10-15(21)8-9-18(14)23-16/h4-11,19,23H,12H2,1-3H3,(H,22,25)/t19-/m1/s1. The van der Waals surface area contributed by atoms with Crippen LogP contribution in [0.3, 0.4) is 0 Å². The van der Waals surface area contributed by atoms with Crippen LogP contribution in [0, 0.1) is 6.92 Å². The molecule has 25 heavy (non-hydrogen) atoms. The van der Waals surface area contributed by atoms with Crippen molar-refractivity contribution >= 4 is 28.4 Å². The third-order valence-corrected chi connectivity index (χ3v) is 4.57. The Morgan fingerprint density at radius 2 is 1.96 bits per heavy atom. The molecule has 1 aromatic heterocycles. The molecule has 0 saturated carbocycles. The number of benzene rings is 2. The summed E-state index contributed by atoms with van der Waals surface area (Å²) in [5.41, 5.74) is 4.09. The smallest absolute Gasteiger partial charge is 0.242 e. The second-order valence-electron chi connectivity index (χ2n) is 6.47. The molecule has 0 radical (unpaired) electrons. The first-order valence-electron chi connectivity index (χ1n) is 8.22. The Bertz CT molecular complexity index is 901. The first-order valence-corrected chi connectivity index (χ1v) is 8.60. The van der Waals surface area contributed by atoms with Crippen LogP contribution in [0.5, 0.6) is 0 Å². The van der Waals surface area contributed by atoms with E-state index in [1.165, 1.54) is 0 Å². The summed E-state index contributed by atoms with van der Waals surface area (Å²) in [4.78, 5) is 18.0. The van der Waals surface area contributed by atoms with E-state index < -0.39 is 0 Å². The Kier molecular flexibility index (Phi) is 5.11. The highest BCUT2D eigenvalue weighted by Crippen LogP contribution is 2.23. The van der Waals surface area contributed by atoms with Crippen molar-refractivity contribution in [3.05, 3.63) is 70.4 Å². The van der Waals surface area contributed by atoms with Crippen LogP contribution in [0.2, 0.25) is 5.02 Å². The lowest BCUT2D eigenvalue weighted by molar-refractivity contribution is -0.126. The summed E-state index contributed by atoms with van der Waals surface area (Å²) in [6.45, 7) is 2.47. The number of nitrogens with one attached hydrogen (secondary N) is 2. The Balaban J connectivity index is 1.76. The third-order valence-electron chi connectivity index (χ3n) is 4.34. The van der Waals surface area contributed by atoms with Gasteiger partial charge in [0.25, 0.3) is 0 Å². The summed E-state index contributed by atoms with van der Waals surface area (Å²) in [5, 5.41) is 4.78. The van der Waals surface area contributed by atoms with Gasteiger partial charge in [-0.3, -0.25) is 9.69 Å². The number of rotatable bonds is 5. The third kappa shape index (κ3) is 3.86. The SMILES string of the molecule is Cc1ccccc1[C@H](C(=O)NCc1cc2cc(Cl)ccc2[nH]1)N(C)C. The minimum atomic E-state index is -0.319. The van der Waals surface area contributed by atoms with E-state index in [1.807, 2.05) is 74.4 Å². The van der Waals surface area contributed by atoms with Crippen molar-refractivity contribution in [3.63, 3.8) is 0 Å². The number of carbonyl (C=O) groups excluding carboxylic acids is 1. The van der Waals surface area contributed by atoms with Crippen molar-refractivity contribution in [1.82, 2.24) is 15.2 Å². The van der Waals surface area contributed by atoms with Crippen LogP contribution in [0.15, 0.2) is 48.5 Å². The van der Waals surface area contributed by atoms with E-state index in [1.54, 1.807) is 0 Å². The van der Waals surface area contributed by atoms with Gasteiger partial charge in [0.1, 0.15) is 6.04 Å². The lowest BCUT2D eigenvalue weighted by atomic mass is 10.00. The lowest BCUT2D eigenvalue weighted by Crippen LogP contribution is -2.37. The van der Waals surface area contributed by atoms with Crippen molar-refractivity contribution in [3.8, 4) is 0 Å². The van der Waals surface area contributed by atoms with Crippen LogP contribution in [-0.2, 0) is 11.3 Å². The van der Waals surface area contributed by atoms with Gasteiger partial charge in [-0.05, 0) is 56.4 Å². The van der Waals surface area contributed by atoms with E-state index in [0.717, 1.165) is 27.7 Å². The van der Waals surface area contributed by atoms with Gasteiger partial charge in [0, 0.05) is 21.6 Å². The first-order chi connectivity index (χ1) is 12.0. The molecule has 3 aromatic rings. The van der Waals surface area contributed by atoms with Crippen LogP contribution in [0.1, 0.15) is 22.9 Å². The molecule has 130 valence electrons. The summed E-state index contributed by atoms with van der Waals surface area (Å²) in [7, 11) is 3.84. The number of H-pyrrole nitrogens is 1. The van der Waals surface area contributed by atoms with Crippen molar-refractivity contribution in [2.75, 3.05) is 14.1 Å². The van der Waals surface area contributed by atoms with Crippen LogP contribution in [-0.4, -0.2) is 29.9 Å². The Morgan fingerprint density at radius 3 is 2.68 bits per heavy atom. The quantitative estimate of drug-likeness (QED) is 0.725. The summed E-state index contributed by atoms with van der Waals surface area (Å²) in [6.07, 6.45) is 0. The highest BCUT2D eigenvalue weighted by molar-refractivity contribution is 6.31. The second-order valence-corrected chi connectivity index (χ2v) is 6.90. The van der Waals surface area contributed by atoms with Gasteiger partial charge in [-0.2, -0.15) is 0 Å². The Hall–Kier alpha value is -2.30. The molecule has 1 atom stereocenters. The number of amides is 1. The number of aromatic amines is 1. The van der Waals surface area contributed by atoms with Crippen molar-refractivity contribution in [2.24, 2.45) is 0 Å². The van der Waals surface area contributed by atoms with Crippen molar-refractivity contribution in [1.29, 1.82) is 0 Å². The molecule has 0 saturated heterocycles. The average Bonchev–Trinajstić information content (AvgIpc) is 2.96. The zero-order valence-corrected chi connectivity index (χ0v) is 15.4. The van der Waals surface area contributed by atoms with Gasteiger partial charge in [0.15, 0.2) is 0 Å². The number of halogens is 1. The van der Waals surface area contributed by atoms with Gasteiger partial charge < -0.3 is 10.3 Å². The predicted molar refractivity (Wildman–Crippen MR) is 103 cm³/mol. The molecular weight excluding hydrogens is 334 g/mol. The minimum Gasteiger partial charge on any atom is -0.357 e. The number of hydrogen-bond donors (Lipinski definition) is 2. The van der Waals surface area contributed by atoms with E-state index in [2.05, 4.69) is 10.3 Å². The molecule has 1 heterocycles. The van der Waals surface area contributed by atoms with Gasteiger partial charge in [-0.15, -0.1) is 0 Å². The summed E-state index contributed by atoms with van der Waals surface area (Å²) in [6, 6.07) is 15.4. The van der Waals surface area contributed by atoms with E-state index >= 15 is 0 Å². The average molecular weight is 356 g/mol. The molecule has 0 aliphatic heterocycles. The fourth-order valence-electron chi connectivity index (χ4n) is 3.09. The molecule has 0 bridgehead atoms. The van der Waals surface area contributed by atoms with Crippen LogP contribution in [0.4, 0.5) is 0 Å². The maximum atomic E-state index is 12.8. The molecule has 4 nitrogen and oxygen atoms in total. The minimum absolute atomic E-state index is 0.0176. The molecule has 1 amide bonds. The highest BCUT2D eigenvalue weighted by atomic mass is 35.5. The summed E-state index contributed by atoms with van der Waals surface area (Å²) in [5.74, 6) is -0.0176. The van der Waals surface area contributed by atoms with E-state index in [-0.39, 0.29) is 11.9 Å². The molecule has 0 spiro atoms. The number of nitrogens with zero attached hydrogens (tertiary/aromatic N) is 1. The number of carbonyl (C=O) groups is 1. The largest absolute Gasteiger partial charge is 0.357 e. The normalized spacial score (nSPS) is 12.5. The number of likely N-dealkylation sites (N-methyl/N-ethyl adjacent to an activating group) is 1. The molecule has 0 unspecified atom stereocenters. The molecule has 5 heteroatoms. The van der Waals surface area contributed by atoms with Crippen LogP contribution in [0.25, 0.3) is 10.9 Å². The highest BCUT2D eigenvalue weighted by Gasteiger charge is 2.24. The molecule has 2 N–H and O–H groups in total. The molecular formula is C20H22ClN3O. The number of hydrogen-bond acceptors (Lipinski definition) is 2. The van der Waals surface area contributed by atoms with Gasteiger partial charge in [0.05, 0.1) is 6.54 Å². The van der Waals surface area contributed by atoms with E-state index in [4.69, 9.17) is 11.6 Å². The summed E-state index contributed by atoms with van der Waals surface area (Å²) >= 11 is 6.03. The lowest BCUT2D eigenvalue weighted by Gasteiger charge is -2.25.